The number of benzene rings is 8. The van der Waals surface area contributed by atoms with E-state index in [4.69, 9.17) is 20.4 Å². The molecule has 4 aliphatic rings. The summed E-state index contributed by atoms with van der Waals surface area (Å²) in [6, 6.07) is 52.0. The topological polar surface area (TPSA) is 226 Å². The number of carbonyl (C=O) groups is 2. The number of fused-ring (bicyclic) bond motifs is 10. The molecular formula is C110H188O18W4-4. The molecule has 132 heavy (non-hydrogen) atoms. The van der Waals surface area contributed by atoms with Gasteiger partial charge in [-0.25, -0.2) is 0 Å². The van der Waals surface area contributed by atoms with Crippen molar-refractivity contribution in [1.82, 2.24) is 0 Å². The van der Waals surface area contributed by atoms with Crippen LogP contribution in [-0.4, -0.2) is 172 Å². The third-order valence-electron chi connectivity index (χ3n) is 17.8. The van der Waals surface area contributed by atoms with Crippen molar-refractivity contribution in [3.8, 4) is 22.3 Å². The minimum Gasteiger partial charge on any atom is -0.371 e. The number of hydrogen-bond donors (Lipinski definition) is 4. The van der Waals surface area contributed by atoms with Crippen LogP contribution >= 0.6 is 0 Å². The molecule has 0 bridgehead atoms. The SMILES string of the molecule is CC.CC.CC.CC.CC.CC.CC.CC.COCO.COCO.COCO.COCO.COCOC.COCOC.COCOC.COCOC.Cc1ccc2c(c1)-c1cc(C)ccc1C2(C)C.Cc1ccc2c(c1)C(=O)c1cc(C)ccc1C2(C)C.Cc1ccc2c(c1)C(C)(C)c1cc(C)ccc1-2.Cc1ccc2c(c1)C(C)(C)c1cc(C)ccc1C2=O.[CH3-].[CH3-].[CH3-].[CH3-].[W].[W].[W].[W]. The maximum absolute atomic E-state index is 12.7. The van der Waals surface area contributed by atoms with Crippen LogP contribution in [0.1, 0.15) is 287 Å². The van der Waals surface area contributed by atoms with Crippen molar-refractivity contribution >= 4 is 11.6 Å². The molecule has 18 nitrogen and oxygen atoms in total. The summed E-state index contributed by atoms with van der Waals surface area (Å²) in [5, 5.41) is 30.6. The van der Waals surface area contributed by atoms with E-state index < -0.39 is 0 Å². The first-order valence-electron chi connectivity index (χ1n) is 43.4. The van der Waals surface area contributed by atoms with E-state index in [0.717, 1.165) is 55.6 Å². The van der Waals surface area contributed by atoms with Gasteiger partial charge in [-0.1, -0.05) is 344 Å². The monoisotopic (exact) mass is 2530 g/mol. The molecule has 0 aliphatic heterocycles. The quantitative estimate of drug-likeness (QED) is 0.0659. The minimum absolute atomic E-state index is 0. The summed E-state index contributed by atoms with van der Waals surface area (Å²) in [5.74, 6) is 0.320. The smallest absolute Gasteiger partial charge is 0.193 e. The van der Waals surface area contributed by atoms with Gasteiger partial charge in [-0.2, -0.15) is 0 Å². The molecule has 0 radical (unpaired) electrons. The van der Waals surface area contributed by atoms with Crippen LogP contribution in [0.25, 0.3) is 22.3 Å². The molecule has 8 aromatic rings. The first kappa shape index (κ1) is 164. The van der Waals surface area contributed by atoms with Crippen LogP contribution in [0, 0.1) is 85.1 Å². The first-order chi connectivity index (χ1) is 59.1. The summed E-state index contributed by atoms with van der Waals surface area (Å²) in [5.41, 5.74) is 29.7. The molecule has 0 aromatic heterocycles. The molecule has 0 unspecified atom stereocenters. The Labute approximate surface area is 867 Å². The van der Waals surface area contributed by atoms with Gasteiger partial charge in [-0.15, -0.1) is 0 Å². The fourth-order valence-corrected chi connectivity index (χ4v) is 12.5. The Balaban J connectivity index is -0.0000000815. The van der Waals surface area contributed by atoms with E-state index in [9.17, 15) is 9.59 Å². The second-order valence-electron chi connectivity index (χ2n) is 28.0. The number of hydrogen-bond acceptors (Lipinski definition) is 18. The van der Waals surface area contributed by atoms with E-state index in [2.05, 4.69) is 263 Å². The minimum atomic E-state index is -0.181. The van der Waals surface area contributed by atoms with Crippen molar-refractivity contribution in [2.45, 2.75) is 243 Å². The van der Waals surface area contributed by atoms with Gasteiger partial charge < -0.3 is 107 Å². The molecule has 4 aliphatic carbocycles. The van der Waals surface area contributed by atoms with Gasteiger partial charge in [-0.05, 0) is 134 Å². The van der Waals surface area contributed by atoms with Gasteiger partial charge in [0.25, 0.3) is 0 Å². The predicted molar refractivity (Wildman–Crippen MR) is 551 cm³/mol. The Morgan fingerprint density at radius 2 is 0.326 bits per heavy atom. The fourth-order valence-electron chi connectivity index (χ4n) is 12.5. The Kier molecular flexibility index (Phi) is 123. The molecule has 0 spiro atoms. The van der Waals surface area contributed by atoms with E-state index in [-0.39, 0.29) is 174 Å². The number of ketones is 2. The van der Waals surface area contributed by atoms with Crippen LogP contribution in [-0.2, 0) is 163 Å². The largest absolute Gasteiger partial charge is 0.371 e. The summed E-state index contributed by atoms with van der Waals surface area (Å²) in [6.07, 6.45) is 0. The van der Waals surface area contributed by atoms with Crippen molar-refractivity contribution in [3.63, 3.8) is 0 Å². The van der Waals surface area contributed by atoms with Crippen LogP contribution in [0.15, 0.2) is 146 Å². The number of ether oxygens (including phenoxy) is 12. The van der Waals surface area contributed by atoms with Crippen molar-refractivity contribution in [3.05, 3.63) is 287 Å². The van der Waals surface area contributed by atoms with Crippen molar-refractivity contribution in [2.24, 2.45) is 0 Å². The molecule has 0 atom stereocenters. The Bertz CT molecular complexity index is 3710. The van der Waals surface area contributed by atoms with Gasteiger partial charge in [0, 0.05) is 213 Å². The van der Waals surface area contributed by atoms with Crippen LogP contribution < -0.4 is 0 Å². The zero-order valence-corrected chi connectivity index (χ0v) is 103. The molecular weight excluding hydrogens is 2340 g/mol. The van der Waals surface area contributed by atoms with Crippen LogP contribution in [0.4, 0.5) is 0 Å². The Morgan fingerprint density at radius 3 is 0.492 bits per heavy atom. The zero-order valence-electron chi connectivity index (χ0n) is 91.7. The van der Waals surface area contributed by atoms with Gasteiger partial charge in [-0.3, -0.25) is 9.59 Å². The second kappa shape index (κ2) is 99.2. The number of rotatable bonds is 12. The molecule has 0 saturated heterocycles. The average molecular weight is 2530 g/mol. The summed E-state index contributed by atoms with van der Waals surface area (Å²) in [7, 11) is 18.4. The summed E-state index contributed by atoms with van der Waals surface area (Å²) in [6.45, 7) is 67.8. The van der Waals surface area contributed by atoms with E-state index in [0.29, 0.717) is 27.2 Å². The van der Waals surface area contributed by atoms with Crippen LogP contribution in [0.5, 0.6) is 0 Å². The number of aliphatic hydroxyl groups is 4. The van der Waals surface area contributed by atoms with Crippen LogP contribution in [0.3, 0.4) is 0 Å². The third kappa shape index (κ3) is 57.6. The zero-order chi connectivity index (χ0) is 98.1. The molecule has 0 heterocycles. The Hall–Kier alpha value is -4.79. The molecule has 0 saturated carbocycles. The van der Waals surface area contributed by atoms with E-state index in [1.165, 1.54) is 106 Å². The number of carbonyl (C=O) groups excluding carboxylic acids is 2. The summed E-state index contributed by atoms with van der Waals surface area (Å²) >= 11 is 0. The van der Waals surface area contributed by atoms with Crippen molar-refractivity contribution in [1.29, 1.82) is 0 Å². The molecule has 4 N–H and O–H groups in total. The Morgan fingerprint density at radius 1 is 0.197 bits per heavy atom. The van der Waals surface area contributed by atoms with Gasteiger partial charge in [0.1, 0.15) is 54.3 Å². The molecule has 0 fully saturated rings. The maximum atomic E-state index is 12.7. The average Bonchev–Trinajstić information content (AvgIpc) is 1.67. The molecule has 764 valence electrons. The summed E-state index contributed by atoms with van der Waals surface area (Å²) in [4.78, 5) is 25.3. The van der Waals surface area contributed by atoms with Gasteiger partial charge in [0.05, 0.1) is 0 Å². The van der Waals surface area contributed by atoms with Gasteiger partial charge in [0.15, 0.2) is 11.6 Å². The second-order valence-corrected chi connectivity index (χ2v) is 28.0. The van der Waals surface area contributed by atoms with E-state index in [1.54, 1.807) is 56.9 Å². The maximum Gasteiger partial charge on any atom is 0.193 e. The third-order valence-corrected chi connectivity index (χ3v) is 17.8. The first-order valence-corrected chi connectivity index (χ1v) is 43.4. The number of aliphatic hydroxyl groups excluding tert-OH is 4. The van der Waals surface area contributed by atoms with E-state index >= 15 is 0 Å². The van der Waals surface area contributed by atoms with Gasteiger partial charge in [0.2, 0.25) is 0 Å². The van der Waals surface area contributed by atoms with E-state index in [1.807, 2.05) is 161 Å². The van der Waals surface area contributed by atoms with Crippen LogP contribution in [0.2, 0.25) is 0 Å². The normalized spacial score (nSPS) is 11.1. The van der Waals surface area contributed by atoms with Crippen molar-refractivity contribution < 1.29 is 171 Å². The fraction of sp³-hybridized carbons (Fsp3) is 0.509. The standard InChI is InChI=1S/2C18H18O.2C17H18.4C3H8O2.4C2H6O2.8C2H6.4CH3.4W/c1-11-5-7-15-13(9-11)17(19)14-10-12(2)6-8-16(14)18(15,3)4;1-11-5-7-13-15(9-11)18(3,4)16-10-12(2)6-8-14(16)17(13)19;1-11-5-7-15-13(9-11)14-10-12(2)6-8-16(14)17(15,3)4;1-11-5-7-13-14-8-6-12(2)10-16(14)17(3,4)15(13)9-11;4*1-4-3-5-2;4*1-4-2-3;8*1-2;;;;;;;;/h2*5-10H,1-4H3;2*5-10H,1-4H3;4*3H2,1-2H3;4*3H,2H2,1H3;8*1-2H3;4*1H3;;;;/q;;;;;;;;;;;;;;;;;;;;4*-1;;;;. The molecule has 8 aromatic carbocycles. The molecule has 22 heteroatoms. The summed E-state index contributed by atoms with van der Waals surface area (Å²) < 4.78 is 52.1. The molecule has 0 amide bonds. The van der Waals surface area contributed by atoms with Crippen molar-refractivity contribution in [2.75, 3.05) is 140 Å². The molecule has 12 rings (SSSR count). The number of methoxy groups -OCH3 is 12. The number of aryl methyl sites for hydroxylation is 8. The van der Waals surface area contributed by atoms with Gasteiger partial charge >= 0.3 is 0 Å². The predicted octanol–water partition coefficient (Wildman–Crippen LogP) is 26.8.